The molecular weight excluding hydrogens is 438 g/mol. The number of benzene rings is 3. The van der Waals surface area contributed by atoms with Crippen LogP contribution in [-0.2, 0) is 21.3 Å². The Morgan fingerprint density at radius 1 is 0.970 bits per heavy atom. The highest BCUT2D eigenvalue weighted by Crippen LogP contribution is 2.24. The first-order chi connectivity index (χ1) is 15.9. The van der Waals surface area contributed by atoms with Gasteiger partial charge in [-0.1, -0.05) is 42.5 Å². The topological polar surface area (TPSA) is 79.0 Å². The van der Waals surface area contributed by atoms with E-state index in [2.05, 4.69) is 15.7 Å². The van der Waals surface area contributed by atoms with Gasteiger partial charge >= 0.3 is 0 Å². The molecule has 8 heteroatoms. The Kier molecular flexibility index (Phi) is 6.96. The lowest BCUT2D eigenvalue weighted by Gasteiger charge is -2.31. The first-order valence-electron chi connectivity index (χ1n) is 10.8. The van der Waals surface area contributed by atoms with Crippen molar-refractivity contribution in [2.45, 2.75) is 11.4 Å². The van der Waals surface area contributed by atoms with E-state index < -0.39 is 10.0 Å². The van der Waals surface area contributed by atoms with Gasteiger partial charge in [-0.2, -0.15) is 0 Å². The van der Waals surface area contributed by atoms with Gasteiger partial charge in [0.25, 0.3) is 15.9 Å². The van der Waals surface area contributed by atoms with E-state index in [0.29, 0.717) is 31.0 Å². The summed E-state index contributed by atoms with van der Waals surface area (Å²) in [5.41, 5.74) is 2.91. The van der Waals surface area contributed by atoms with Crippen LogP contribution in [0, 0.1) is 0 Å². The number of ether oxygens (including phenoxy) is 1. The van der Waals surface area contributed by atoms with E-state index in [0.717, 1.165) is 24.3 Å². The molecule has 0 spiro atoms. The van der Waals surface area contributed by atoms with E-state index in [-0.39, 0.29) is 10.8 Å². The van der Waals surface area contributed by atoms with Crippen LogP contribution in [0.25, 0.3) is 0 Å². The second-order valence-corrected chi connectivity index (χ2v) is 9.57. The number of morpholine rings is 1. The van der Waals surface area contributed by atoms with Gasteiger partial charge in [0.05, 0.1) is 18.1 Å². The summed E-state index contributed by atoms with van der Waals surface area (Å²) in [7, 11) is -1.98. The normalized spacial score (nSPS) is 14.0. The third kappa shape index (κ3) is 5.53. The Labute approximate surface area is 194 Å². The fourth-order valence-corrected chi connectivity index (χ4v) is 4.90. The van der Waals surface area contributed by atoms with Crippen LogP contribution in [-0.4, -0.2) is 52.6 Å². The van der Waals surface area contributed by atoms with Crippen molar-refractivity contribution in [2.24, 2.45) is 0 Å². The molecule has 0 aliphatic carbocycles. The number of amides is 1. The standard InChI is InChI=1S/C25H27N3O4S/c1-27(19-21-8-5-6-13-24(21)28-14-16-32-17-15-28)25(29)20-9-7-10-22(18-20)26-33(30,31)23-11-3-2-4-12-23/h2-13,18,26H,14-17,19H2,1H3. The summed E-state index contributed by atoms with van der Waals surface area (Å²) in [6.45, 7) is 3.45. The van der Waals surface area contributed by atoms with Gasteiger partial charge < -0.3 is 14.5 Å². The van der Waals surface area contributed by atoms with Crippen molar-refractivity contribution in [1.29, 1.82) is 0 Å². The largest absolute Gasteiger partial charge is 0.378 e. The highest BCUT2D eigenvalue weighted by molar-refractivity contribution is 7.92. The number of carbonyl (C=O) groups is 1. The number of hydrogen-bond donors (Lipinski definition) is 1. The highest BCUT2D eigenvalue weighted by atomic mass is 32.2. The number of nitrogens with one attached hydrogen (secondary N) is 1. The number of para-hydroxylation sites is 1. The minimum atomic E-state index is -3.73. The highest BCUT2D eigenvalue weighted by Gasteiger charge is 2.19. The Bertz CT molecular complexity index is 1210. The third-order valence-corrected chi connectivity index (χ3v) is 6.91. The Morgan fingerprint density at radius 2 is 1.67 bits per heavy atom. The quantitative estimate of drug-likeness (QED) is 0.577. The monoisotopic (exact) mass is 465 g/mol. The molecule has 0 radical (unpaired) electrons. The zero-order valence-corrected chi connectivity index (χ0v) is 19.3. The van der Waals surface area contributed by atoms with Crippen molar-refractivity contribution in [3.63, 3.8) is 0 Å². The molecule has 0 unspecified atom stereocenters. The molecule has 0 atom stereocenters. The summed E-state index contributed by atoms with van der Waals surface area (Å²) in [6.07, 6.45) is 0. The molecule has 1 aliphatic rings. The van der Waals surface area contributed by atoms with Crippen LogP contribution < -0.4 is 9.62 Å². The average molecular weight is 466 g/mol. The van der Waals surface area contributed by atoms with Crippen LogP contribution in [0.1, 0.15) is 15.9 Å². The number of anilines is 2. The maximum absolute atomic E-state index is 13.1. The van der Waals surface area contributed by atoms with Gasteiger partial charge in [0, 0.05) is 43.6 Å². The van der Waals surface area contributed by atoms with Crippen LogP contribution in [0.3, 0.4) is 0 Å². The molecule has 0 aromatic heterocycles. The van der Waals surface area contributed by atoms with Crippen LogP contribution in [0.15, 0.2) is 83.8 Å². The molecule has 4 rings (SSSR count). The fourth-order valence-electron chi connectivity index (χ4n) is 3.83. The van der Waals surface area contributed by atoms with Crippen molar-refractivity contribution < 1.29 is 17.9 Å². The van der Waals surface area contributed by atoms with Gasteiger partial charge in [-0.05, 0) is 42.0 Å². The van der Waals surface area contributed by atoms with Crippen molar-refractivity contribution in [3.8, 4) is 0 Å². The van der Waals surface area contributed by atoms with Gasteiger partial charge in [0.2, 0.25) is 0 Å². The molecule has 3 aromatic carbocycles. The van der Waals surface area contributed by atoms with Crippen LogP contribution in [0.4, 0.5) is 11.4 Å². The SMILES string of the molecule is CN(Cc1ccccc1N1CCOCC1)C(=O)c1cccc(NS(=O)(=O)c2ccccc2)c1. The summed E-state index contributed by atoms with van der Waals surface area (Å²) in [4.78, 5) is 17.2. The van der Waals surface area contributed by atoms with Crippen molar-refractivity contribution >= 4 is 27.3 Å². The van der Waals surface area contributed by atoms with Gasteiger partial charge in [0.15, 0.2) is 0 Å². The molecule has 33 heavy (non-hydrogen) atoms. The Balaban J connectivity index is 1.49. The van der Waals surface area contributed by atoms with Crippen LogP contribution >= 0.6 is 0 Å². The number of rotatable bonds is 7. The van der Waals surface area contributed by atoms with Crippen LogP contribution in [0.5, 0.6) is 0 Å². The third-order valence-electron chi connectivity index (χ3n) is 5.51. The first-order valence-corrected chi connectivity index (χ1v) is 12.3. The maximum Gasteiger partial charge on any atom is 0.261 e. The molecule has 1 amide bonds. The van der Waals surface area contributed by atoms with Crippen molar-refractivity contribution in [1.82, 2.24) is 4.90 Å². The molecule has 0 saturated carbocycles. The zero-order chi connectivity index (χ0) is 23.3. The smallest absolute Gasteiger partial charge is 0.261 e. The Hall–Kier alpha value is -3.36. The predicted octanol–water partition coefficient (Wildman–Crippen LogP) is 3.60. The van der Waals surface area contributed by atoms with E-state index in [1.807, 2.05) is 18.2 Å². The van der Waals surface area contributed by atoms with Gasteiger partial charge in [-0.25, -0.2) is 8.42 Å². The maximum atomic E-state index is 13.1. The molecule has 1 N–H and O–H groups in total. The number of hydrogen-bond acceptors (Lipinski definition) is 5. The summed E-state index contributed by atoms with van der Waals surface area (Å²) in [6, 6.07) is 22.7. The van der Waals surface area contributed by atoms with Crippen LogP contribution in [0.2, 0.25) is 0 Å². The minimum Gasteiger partial charge on any atom is -0.378 e. The zero-order valence-electron chi connectivity index (χ0n) is 18.5. The van der Waals surface area contributed by atoms with E-state index in [1.165, 1.54) is 12.1 Å². The summed E-state index contributed by atoms with van der Waals surface area (Å²) >= 11 is 0. The molecule has 0 bridgehead atoms. The lowest BCUT2D eigenvalue weighted by molar-refractivity contribution is 0.0785. The second kappa shape index (κ2) is 10.1. The van der Waals surface area contributed by atoms with Gasteiger partial charge in [0.1, 0.15) is 0 Å². The fraction of sp³-hybridized carbons (Fsp3) is 0.240. The Morgan fingerprint density at radius 3 is 2.42 bits per heavy atom. The summed E-state index contributed by atoms with van der Waals surface area (Å²) < 4.78 is 33.3. The van der Waals surface area contributed by atoms with E-state index >= 15 is 0 Å². The predicted molar refractivity (Wildman–Crippen MR) is 129 cm³/mol. The van der Waals surface area contributed by atoms with E-state index in [9.17, 15) is 13.2 Å². The summed E-state index contributed by atoms with van der Waals surface area (Å²) in [5, 5.41) is 0. The first kappa shape index (κ1) is 22.8. The van der Waals surface area contributed by atoms with Crippen molar-refractivity contribution in [2.75, 3.05) is 43.0 Å². The molecule has 1 heterocycles. The summed E-state index contributed by atoms with van der Waals surface area (Å²) in [5.74, 6) is -0.187. The molecular formula is C25H27N3O4S. The molecule has 1 fully saturated rings. The molecule has 172 valence electrons. The van der Waals surface area contributed by atoms with Crippen molar-refractivity contribution in [3.05, 3.63) is 90.0 Å². The van der Waals surface area contributed by atoms with Gasteiger partial charge in [-0.3, -0.25) is 9.52 Å². The van der Waals surface area contributed by atoms with E-state index in [4.69, 9.17) is 4.74 Å². The lowest BCUT2D eigenvalue weighted by Crippen LogP contribution is -2.37. The van der Waals surface area contributed by atoms with E-state index in [1.54, 1.807) is 54.4 Å². The molecule has 7 nitrogen and oxygen atoms in total. The molecule has 1 aliphatic heterocycles. The second-order valence-electron chi connectivity index (χ2n) is 7.89. The molecule has 1 saturated heterocycles. The number of carbonyl (C=O) groups excluding carboxylic acids is 1. The lowest BCUT2D eigenvalue weighted by atomic mass is 10.1. The number of nitrogens with zero attached hydrogens (tertiary/aromatic N) is 2. The van der Waals surface area contributed by atoms with Gasteiger partial charge in [-0.15, -0.1) is 0 Å². The number of sulfonamides is 1. The average Bonchev–Trinajstić information content (AvgIpc) is 2.85. The minimum absolute atomic E-state index is 0.165. The molecule has 3 aromatic rings.